The molecule has 1 aromatic rings. The van der Waals surface area contributed by atoms with Crippen molar-refractivity contribution in [3.8, 4) is 5.75 Å². The second kappa shape index (κ2) is 6.24. The van der Waals surface area contributed by atoms with Gasteiger partial charge in [-0.1, -0.05) is 6.07 Å². The van der Waals surface area contributed by atoms with Gasteiger partial charge in [0.25, 0.3) is 0 Å². The summed E-state index contributed by atoms with van der Waals surface area (Å²) in [6.45, 7) is 5.66. The first kappa shape index (κ1) is 16.5. The van der Waals surface area contributed by atoms with E-state index in [1.54, 1.807) is 26.8 Å². The molecular formula is C13H20BrNO3S. The quantitative estimate of drug-likeness (QED) is 0.886. The molecule has 0 heterocycles. The van der Waals surface area contributed by atoms with Crippen LogP contribution in [0.1, 0.15) is 26.3 Å². The van der Waals surface area contributed by atoms with Gasteiger partial charge in [-0.05, 0) is 54.4 Å². The van der Waals surface area contributed by atoms with Crippen LogP contribution in [0.2, 0.25) is 0 Å². The van der Waals surface area contributed by atoms with Crippen molar-refractivity contribution < 1.29 is 13.2 Å². The molecule has 0 fully saturated rings. The van der Waals surface area contributed by atoms with E-state index in [1.165, 1.54) is 0 Å². The van der Waals surface area contributed by atoms with Crippen LogP contribution in [0.15, 0.2) is 22.7 Å². The lowest BCUT2D eigenvalue weighted by Crippen LogP contribution is -2.32. The van der Waals surface area contributed by atoms with Crippen LogP contribution in [-0.4, -0.2) is 25.5 Å². The lowest BCUT2D eigenvalue weighted by molar-refractivity contribution is 0.337. The van der Waals surface area contributed by atoms with Gasteiger partial charge in [-0.25, -0.2) is 8.42 Å². The van der Waals surface area contributed by atoms with Crippen molar-refractivity contribution in [2.24, 2.45) is 5.73 Å². The van der Waals surface area contributed by atoms with Gasteiger partial charge in [0.15, 0.2) is 9.84 Å². The number of halogens is 1. The first-order valence-electron chi connectivity index (χ1n) is 6.01. The fourth-order valence-corrected chi connectivity index (χ4v) is 2.81. The third-order valence-corrected chi connectivity index (χ3v) is 5.96. The summed E-state index contributed by atoms with van der Waals surface area (Å²) < 4.78 is 29.4. The normalized spacial score (nSPS) is 12.5. The van der Waals surface area contributed by atoms with E-state index in [0.29, 0.717) is 12.3 Å². The van der Waals surface area contributed by atoms with Gasteiger partial charge in [-0.2, -0.15) is 0 Å². The largest absolute Gasteiger partial charge is 0.491 e. The van der Waals surface area contributed by atoms with E-state index in [9.17, 15) is 8.42 Å². The molecule has 0 aliphatic carbocycles. The van der Waals surface area contributed by atoms with Crippen LogP contribution in [0, 0.1) is 0 Å². The molecule has 108 valence electrons. The molecule has 19 heavy (non-hydrogen) atoms. The van der Waals surface area contributed by atoms with Gasteiger partial charge >= 0.3 is 0 Å². The number of ether oxygens (including phenoxy) is 1. The van der Waals surface area contributed by atoms with E-state index in [2.05, 4.69) is 15.9 Å². The Balaban J connectivity index is 2.64. The molecule has 4 nitrogen and oxygen atoms in total. The second-order valence-corrected chi connectivity index (χ2v) is 8.97. The van der Waals surface area contributed by atoms with Crippen LogP contribution < -0.4 is 10.5 Å². The smallest absolute Gasteiger partial charge is 0.158 e. The Morgan fingerprint density at radius 3 is 2.42 bits per heavy atom. The summed E-state index contributed by atoms with van der Waals surface area (Å²) in [6.07, 6.45) is 0. The van der Waals surface area contributed by atoms with Crippen LogP contribution in [0.4, 0.5) is 0 Å². The minimum atomic E-state index is -3.15. The molecular weight excluding hydrogens is 330 g/mol. The standard InChI is InChI=1S/C13H20BrNO3S/c1-13(2,3)19(16,17)7-6-18-12-5-4-10(9-15)8-11(12)14/h4-5,8H,6-7,9,15H2,1-3H3. The minimum absolute atomic E-state index is 0.00157. The summed E-state index contributed by atoms with van der Waals surface area (Å²) >= 11 is 3.38. The molecule has 0 radical (unpaired) electrons. The van der Waals surface area contributed by atoms with Crippen molar-refractivity contribution in [3.63, 3.8) is 0 Å². The molecule has 0 saturated carbocycles. The van der Waals surface area contributed by atoms with Crippen LogP contribution in [0.25, 0.3) is 0 Å². The van der Waals surface area contributed by atoms with E-state index < -0.39 is 14.6 Å². The Labute approximate surface area is 123 Å². The lowest BCUT2D eigenvalue weighted by atomic mass is 10.2. The molecule has 0 spiro atoms. The van der Waals surface area contributed by atoms with Gasteiger partial charge in [-0.3, -0.25) is 0 Å². The minimum Gasteiger partial charge on any atom is -0.491 e. The van der Waals surface area contributed by atoms with E-state index in [1.807, 2.05) is 12.1 Å². The average Bonchev–Trinajstić information content (AvgIpc) is 2.29. The molecule has 2 N–H and O–H groups in total. The zero-order chi connectivity index (χ0) is 14.7. The van der Waals surface area contributed by atoms with Gasteiger partial charge in [-0.15, -0.1) is 0 Å². The molecule has 0 aliphatic rings. The summed E-state index contributed by atoms with van der Waals surface area (Å²) in [5.41, 5.74) is 6.52. The number of benzene rings is 1. The molecule has 0 bridgehead atoms. The molecule has 1 rings (SSSR count). The molecule has 0 saturated heterocycles. The van der Waals surface area contributed by atoms with E-state index in [4.69, 9.17) is 10.5 Å². The number of rotatable bonds is 5. The summed E-state index contributed by atoms with van der Waals surface area (Å²) in [4.78, 5) is 0. The second-order valence-electron chi connectivity index (χ2n) is 5.25. The van der Waals surface area contributed by atoms with Gasteiger partial charge in [0, 0.05) is 6.54 Å². The summed E-state index contributed by atoms with van der Waals surface area (Å²) in [5.74, 6) is 0.628. The highest BCUT2D eigenvalue weighted by Crippen LogP contribution is 2.26. The molecule has 0 amide bonds. The van der Waals surface area contributed by atoms with Crippen molar-refractivity contribution in [1.29, 1.82) is 0 Å². The number of sulfone groups is 1. The highest BCUT2D eigenvalue weighted by Gasteiger charge is 2.28. The lowest BCUT2D eigenvalue weighted by Gasteiger charge is -2.19. The molecule has 0 atom stereocenters. The number of nitrogens with two attached hydrogens (primary N) is 1. The molecule has 0 aromatic heterocycles. The van der Waals surface area contributed by atoms with Crippen molar-refractivity contribution in [3.05, 3.63) is 28.2 Å². The fourth-order valence-electron chi connectivity index (χ4n) is 1.36. The Morgan fingerprint density at radius 2 is 1.95 bits per heavy atom. The molecule has 0 aliphatic heterocycles. The monoisotopic (exact) mass is 349 g/mol. The van der Waals surface area contributed by atoms with Crippen molar-refractivity contribution in [2.75, 3.05) is 12.4 Å². The molecule has 0 unspecified atom stereocenters. The van der Waals surface area contributed by atoms with E-state index >= 15 is 0 Å². The van der Waals surface area contributed by atoms with Crippen LogP contribution in [0.5, 0.6) is 5.75 Å². The van der Waals surface area contributed by atoms with Crippen LogP contribution in [0.3, 0.4) is 0 Å². The number of hydrogen-bond donors (Lipinski definition) is 1. The van der Waals surface area contributed by atoms with E-state index in [-0.39, 0.29) is 12.4 Å². The first-order chi connectivity index (χ1) is 8.67. The van der Waals surface area contributed by atoms with Gasteiger partial charge < -0.3 is 10.5 Å². The topological polar surface area (TPSA) is 69.4 Å². The summed E-state index contributed by atoms with van der Waals surface area (Å²) in [6, 6.07) is 5.52. The zero-order valence-corrected chi connectivity index (χ0v) is 13.8. The molecule has 1 aromatic carbocycles. The maximum atomic E-state index is 11.9. The van der Waals surface area contributed by atoms with Crippen LogP contribution in [-0.2, 0) is 16.4 Å². The third-order valence-electron chi connectivity index (χ3n) is 2.77. The Hall–Kier alpha value is -0.590. The highest BCUT2D eigenvalue weighted by molar-refractivity contribution is 9.10. The van der Waals surface area contributed by atoms with Crippen LogP contribution >= 0.6 is 15.9 Å². The third kappa shape index (κ3) is 4.47. The average molecular weight is 350 g/mol. The van der Waals surface area contributed by atoms with Gasteiger partial charge in [0.05, 0.1) is 15.0 Å². The zero-order valence-electron chi connectivity index (χ0n) is 11.4. The van der Waals surface area contributed by atoms with Crippen molar-refractivity contribution in [1.82, 2.24) is 0 Å². The van der Waals surface area contributed by atoms with Gasteiger partial charge in [0.1, 0.15) is 12.4 Å². The van der Waals surface area contributed by atoms with E-state index in [0.717, 1.165) is 10.0 Å². The predicted molar refractivity (Wildman–Crippen MR) is 81.1 cm³/mol. The Kier molecular flexibility index (Phi) is 5.41. The predicted octanol–water partition coefficient (Wildman–Crippen LogP) is 2.50. The van der Waals surface area contributed by atoms with Crippen molar-refractivity contribution in [2.45, 2.75) is 32.1 Å². The summed E-state index contributed by atoms with van der Waals surface area (Å²) in [5, 5.41) is 0. The number of hydrogen-bond acceptors (Lipinski definition) is 4. The fraction of sp³-hybridized carbons (Fsp3) is 0.538. The first-order valence-corrected chi connectivity index (χ1v) is 8.45. The summed E-state index contributed by atoms with van der Waals surface area (Å²) in [7, 11) is -3.15. The maximum Gasteiger partial charge on any atom is 0.158 e. The SMILES string of the molecule is CC(C)(C)S(=O)(=O)CCOc1ccc(CN)cc1Br. The van der Waals surface area contributed by atoms with Gasteiger partial charge in [0.2, 0.25) is 0 Å². The highest BCUT2D eigenvalue weighted by atomic mass is 79.9. The Bertz CT molecular complexity index is 535. The maximum absolute atomic E-state index is 11.9. The van der Waals surface area contributed by atoms with Crippen molar-refractivity contribution >= 4 is 25.8 Å². The molecule has 6 heteroatoms. The Morgan fingerprint density at radius 1 is 1.32 bits per heavy atom.